The summed E-state index contributed by atoms with van der Waals surface area (Å²) in [5.41, 5.74) is -1.29. The predicted molar refractivity (Wildman–Crippen MR) is 97.6 cm³/mol. The van der Waals surface area contributed by atoms with E-state index in [0.717, 1.165) is 58.0 Å². The highest BCUT2D eigenvalue weighted by Gasteiger charge is 2.62. The number of rotatable bonds is 4. The van der Waals surface area contributed by atoms with Gasteiger partial charge in [-0.15, -0.1) is 0 Å². The van der Waals surface area contributed by atoms with Crippen molar-refractivity contribution in [2.24, 2.45) is 17.3 Å². The number of amides is 1. The second kappa shape index (κ2) is 6.13. The van der Waals surface area contributed by atoms with Crippen LogP contribution in [0.1, 0.15) is 78.6 Å². The molecule has 2 atom stereocenters. The minimum atomic E-state index is -0.456. The number of hydrogen-bond donors (Lipinski definition) is 0. The van der Waals surface area contributed by atoms with Crippen molar-refractivity contribution in [3.8, 4) is 0 Å². The van der Waals surface area contributed by atoms with Crippen LogP contribution in [0.2, 0.25) is 0 Å². The number of likely N-dealkylation sites (tertiary alicyclic amines) is 1. The van der Waals surface area contributed by atoms with E-state index in [9.17, 15) is 9.59 Å². The van der Waals surface area contributed by atoms with Crippen LogP contribution in [0.3, 0.4) is 0 Å². The van der Waals surface area contributed by atoms with Crippen LogP contribution in [0.25, 0.3) is 0 Å². The van der Waals surface area contributed by atoms with Crippen LogP contribution >= 0.6 is 0 Å². The Morgan fingerprint density at radius 2 is 1.54 bits per heavy atom. The monoisotopic (exact) mass is 363 g/mol. The molecule has 4 aliphatic carbocycles. The maximum atomic E-state index is 12.8. The molecule has 146 valence electrons. The quantitative estimate of drug-likeness (QED) is 0.699. The SMILES string of the molecule is CCC(C)(C)C(=O)OC12CC3CC(CC(OC(=O)N4CCCC4)(C3)C1)C2. The Balaban J connectivity index is 1.51. The van der Waals surface area contributed by atoms with Gasteiger partial charge >= 0.3 is 12.1 Å². The standard InChI is InChI=1S/C21H33NO4/c1-4-19(2,3)17(23)25-20-10-15-9-16(11-20)13-21(12-15,14-20)26-18(24)22-7-5-6-8-22/h15-16H,4-14H2,1-3H3. The summed E-state index contributed by atoms with van der Waals surface area (Å²) in [6.45, 7) is 7.57. The number of hydrogen-bond acceptors (Lipinski definition) is 4. The Bertz CT molecular complexity index is 579. The summed E-state index contributed by atoms with van der Waals surface area (Å²) in [6.07, 6.45) is 8.42. The lowest BCUT2D eigenvalue weighted by Crippen LogP contribution is -2.62. The molecule has 1 amide bonds. The van der Waals surface area contributed by atoms with Gasteiger partial charge in [-0.3, -0.25) is 4.79 Å². The van der Waals surface area contributed by atoms with E-state index in [-0.39, 0.29) is 12.1 Å². The number of carbonyl (C=O) groups is 2. The van der Waals surface area contributed by atoms with Crippen LogP contribution in [0.5, 0.6) is 0 Å². The maximum absolute atomic E-state index is 12.8. The highest BCUT2D eigenvalue weighted by molar-refractivity contribution is 5.76. The fourth-order valence-electron chi connectivity index (χ4n) is 5.96. The van der Waals surface area contributed by atoms with E-state index >= 15 is 0 Å². The van der Waals surface area contributed by atoms with Gasteiger partial charge in [0.15, 0.2) is 0 Å². The summed E-state index contributed by atoms with van der Waals surface area (Å²) >= 11 is 0. The average Bonchev–Trinajstić information content (AvgIpc) is 3.07. The highest BCUT2D eigenvalue weighted by atomic mass is 16.6. The average molecular weight is 363 g/mol. The van der Waals surface area contributed by atoms with Gasteiger partial charge in [0.05, 0.1) is 5.41 Å². The normalized spacial score (nSPS) is 38.5. The van der Waals surface area contributed by atoms with Gasteiger partial charge in [0, 0.05) is 19.5 Å². The fraction of sp³-hybridized carbons (Fsp3) is 0.905. The second-order valence-corrected chi connectivity index (χ2v) is 10.0. The molecule has 0 radical (unpaired) electrons. The van der Waals surface area contributed by atoms with Gasteiger partial charge in [-0.2, -0.15) is 0 Å². The minimum Gasteiger partial charge on any atom is -0.458 e. The van der Waals surface area contributed by atoms with E-state index in [1.165, 1.54) is 6.42 Å². The molecule has 2 unspecified atom stereocenters. The molecular formula is C21H33NO4. The molecule has 5 rings (SSSR count). The third-order valence-electron chi connectivity index (χ3n) is 7.37. The van der Waals surface area contributed by atoms with Crippen LogP contribution in [0.4, 0.5) is 4.79 Å². The first-order valence-electron chi connectivity index (χ1n) is 10.5. The molecule has 0 aromatic carbocycles. The van der Waals surface area contributed by atoms with Crippen molar-refractivity contribution in [2.45, 2.75) is 89.8 Å². The van der Waals surface area contributed by atoms with Gasteiger partial charge in [-0.1, -0.05) is 6.92 Å². The first kappa shape index (κ1) is 18.1. The Labute approximate surface area is 156 Å². The minimum absolute atomic E-state index is 0.0945. The lowest BCUT2D eigenvalue weighted by atomic mass is 9.52. The summed E-state index contributed by atoms with van der Waals surface area (Å²) in [4.78, 5) is 27.3. The third kappa shape index (κ3) is 3.11. The van der Waals surface area contributed by atoms with Gasteiger partial charge < -0.3 is 14.4 Å². The Hall–Kier alpha value is -1.26. The van der Waals surface area contributed by atoms with Crippen molar-refractivity contribution >= 4 is 12.1 Å². The molecule has 5 heteroatoms. The molecule has 5 nitrogen and oxygen atoms in total. The summed E-state index contributed by atoms with van der Waals surface area (Å²) in [6, 6.07) is 0. The van der Waals surface area contributed by atoms with Crippen LogP contribution < -0.4 is 0 Å². The van der Waals surface area contributed by atoms with Gasteiger partial charge in [0.2, 0.25) is 0 Å². The molecule has 0 aromatic rings. The number of nitrogens with zero attached hydrogens (tertiary/aromatic N) is 1. The lowest BCUT2D eigenvalue weighted by Gasteiger charge is -2.60. The van der Waals surface area contributed by atoms with Crippen LogP contribution in [-0.2, 0) is 14.3 Å². The summed E-state index contributed by atoms with van der Waals surface area (Å²) in [5, 5.41) is 0. The Morgan fingerprint density at radius 1 is 1.00 bits per heavy atom. The molecule has 0 N–H and O–H groups in total. The van der Waals surface area contributed by atoms with Crippen molar-refractivity contribution in [1.29, 1.82) is 0 Å². The predicted octanol–water partition coefficient (Wildman–Crippen LogP) is 4.29. The zero-order valence-electron chi connectivity index (χ0n) is 16.5. The molecule has 1 saturated heterocycles. The first-order valence-corrected chi connectivity index (χ1v) is 10.5. The lowest BCUT2D eigenvalue weighted by molar-refractivity contribution is -0.226. The number of esters is 1. The van der Waals surface area contributed by atoms with Gasteiger partial charge in [-0.25, -0.2) is 4.79 Å². The molecule has 1 heterocycles. The van der Waals surface area contributed by atoms with Crippen LogP contribution in [0, 0.1) is 17.3 Å². The van der Waals surface area contributed by atoms with E-state index in [1.807, 2.05) is 25.7 Å². The Morgan fingerprint density at radius 3 is 2.08 bits per heavy atom. The van der Waals surface area contributed by atoms with Crippen molar-refractivity contribution in [2.75, 3.05) is 13.1 Å². The van der Waals surface area contributed by atoms with Gasteiger partial charge in [0.25, 0.3) is 0 Å². The zero-order chi connectivity index (χ0) is 18.6. The van der Waals surface area contributed by atoms with E-state index in [1.54, 1.807) is 0 Å². The van der Waals surface area contributed by atoms with Gasteiger partial charge in [0.1, 0.15) is 11.2 Å². The van der Waals surface area contributed by atoms with Gasteiger partial charge in [-0.05, 0) is 77.0 Å². The molecule has 0 aromatic heterocycles. The van der Waals surface area contributed by atoms with E-state index in [4.69, 9.17) is 9.47 Å². The van der Waals surface area contributed by atoms with E-state index in [0.29, 0.717) is 18.3 Å². The second-order valence-electron chi connectivity index (χ2n) is 10.0. The topological polar surface area (TPSA) is 55.8 Å². The molecule has 4 bridgehead atoms. The highest BCUT2D eigenvalue weighted by Crippen LogP contribution is 2.60. The van der Waals surface area contributed by atoms with Crippen molar-refractivity contribution in [3.05, 3.63) is 0 Å². The van der Waals surface area contributed by atoms with Crippen molar-refractivity contribution < 1.29 is 19.1 Å². The molecule has 26 heavy (non-hydrogen) atoms. The summed E-state index contributed by atoms with van der Waals surface area (Å²) < 4.78 is 12.3. The number of ether oxygens (including phenoxy) is 2. The zero-order valence-corrected chi connectivity index (χ0v) is 16.5. The molecule has 4 saturated carbocycles. The molecule has 5 fully saturated rings. The summed E-state index contributed by atoms with van der Waals surface area (Å²) in [5.74, 6) is 0.934. The van der Waals surface area contributed by atoms with Crippen molar-refractivity contribution in [1.82, 2.24) is 4.90 Å². The molecule has 5 aliphatic rings. The molecular weight excluding hydrogens is 330 g/mol. The Kier molecular flexibility index (Phi) is 4.27. The maximum Gasteiger partial charge on any atom is 0.410 e. The summed E-state index contributed by atoms with van der Waals surface area (Å²) in [7, 11) is 0. The van der Waals surface area contributed by atoms with Crippen LogP contribution in [-0.4, -0.2) is 41.3 Å². The van der Waals surface area contributed by atoms with Crippen LogP contribution in [0.15, 0.2) is 0 Å². The van der Waals surface area contributed by atoms with E-state index in [2.05, 4.69) is 0 Å². The molecule has 0 spiro atoms. The van der Waals surface area contributed by atoms with Crippen molar-refractivity contribution in [3.63, 3.8) is 0 Å². The molecule has 1 aliphatic heterocycles. The van der Waals surface area contributed by atoms with E-state index < -0.39 is 16.6 Å². The fourth-order valence-corrected chi connectivity index (χ4v) is 5.96. The number of carbonyl (C=O) groups excluding carboxylic acids is 2. The third-order valence-corrected chi connectivity index (χ3v) is 7.37. The first-order chi connectivity index (χ1) is 12.2. The largest absolute Gasteiger partial charge is 0.458 e. The smallest absolute Gasteiger partial charge is 0.410 e.